The maximum atomic E-state index is 3.76. The second-order valence-electron chi connectivity index (χ2n) is 9.85. The lowest BCUT2D eigenvalue weighted by molar-refractivity contribution is -0.119. The van der Waals surface area contributed by atoms with E-state index >= 15 is 0 Å². The van der Waals surface area contributed by atoms with Gasteiger partial charge < -0.3 is 10.6 Å². The summed E-state index contributed by atoms with van der Waals surface area (Å²) in [6, 6.07) is 21.9. The lowest BCUT2D eigenvalue weighted by Crippen LogP contribution is -2.55. The topological polar surface area (TPSA) is 24.1 Å². The van der Waals surface area contributed by atoms with Gasteiger partial charge in [0.2, 0.25) is 0 Å². The molecule has 2 heteroatoms. The molecule has 3 fully saturated rings. The number of rotatable bonds is 11. The third kappa shape index (κ3) is 4.65. The highest BCUT2D eigenvalue weighted by Crippen LogP contribution is 2.62. The Bertz CT molecular complexity index is 717. The van der Waals surface area contributed by atoms with Gasteiger partial charge in [0, 0.05) is 19.0 Å². The van der Waals surface area contributed by atoms with E-state index in [2.05, 4.69) is 85.1 Å². The first-order valence-corrected chi connectivity index (χ1v) is 12.2. The summed E-state index contributed by atoms with van der Waals surface area (Å²) in [6.45, 7) is 9.35. The third-order valence-corrected chi connectivity index (χ3v) is 8.43. The standard InChI is InChI=1S/C28H40N2/c1-3-28(2)25-15-14-24(27(28)20-25)21-30-19-18-29-17-16-26(22-10-6-4-7-11-22)23-12-8-5-9-13-23/h4-13,24-27,29-30H,3,14-21H2,1-2H3/t24-,25?,27?,28?/m0/s1. The van der Waals surface area contributed by atoms with Crippen LogP contribution < -0.4 is 10.6 Å². The molecular weight excluding hydrogens is 364 g/mol. The Kier molecular flexibility index (Phi) is 7.28. The predicted molar refractivity (Wildman–Crippen MR) is 128 cm³/mol. The van der Waals surface area contributed by atoms with E-state index < -0.39 is 0 Å². The summed E-state index contributed by atoms with van der Waals surface area (Å²) in [7, 11) is 0. The van der Waals surface area contributed by atoms with Crippen LogP contribution in [0.3, 0.4) is 0 Å². The molecule has 3 aliphatic carbocycles. The smallest absolute Gasteiger partial charge is 0.0101 e. The normalized spacial score (nSPS) is 27.8. The Balaban J connectivity index is 1.17. The molecule has 2 aromatic rings. The van der Waals surface area contributed by atoms with Gasteiger partial charge in [0.15, 0.2) is 0 Å². The molecule has 0 heterocycles. The molecule has 5 rings (SSSR count). The van der Waals surface area contributed by atoms with E-state index in [0.717, 1.165) is 43.8 Å². The Labute approximate surface area is 183 Å². The summed E-state index contributed by atoms with van der Waals surface area (Å²) in [5.74, 6) is 3.36. The summed E-state index contributed by atoms with van der Waals surface area (Å²) in [5.41, 5.74) is 3.48. The molecule has 0 aromatic heterocycles. The van der Waals surface area contributed by atoms with E-state index in [0.29, 0.717) is 11.3 Å². The van der Waals surface area contributed by atoms with Crippen LogP contribution in [-0.2, 0) is 0 Å². The van der Waals surface area contributed by atoms with Crippen molar-refractivity contribution < 1.29 is 0 Å². The molecule has 2 aromatic carbocycles. The van der Waals surface area contributed by atoms with Crippen LogP contribution in [0.15, 0.2) is 60.7 Å². The lowest BCUT2D eigenvalue weighted by Gasteiger charge is -2.61. The van der Waals surface area contributed by atoms with Crippen molar-refractivity contribution in [2.45, 2.75) is 51.9 Å². The highest BCUT2D eigenvalue weighted by atomic mass is 14.9. The van der Waals surface area contributed by atoms with Crippen LogP contribution in [0.4, 0.5) is 0 Å². The van der Waals surface area contributed by atoms with E-state index in [-0.39, 0.29) is 0 Å². The fourth-order valence-electron chi connectivity index (χ4n) is 6.31. The monoisotopic (exact) mass is 404 g/mol. The molecule has 3 saturated carbocycles. The molecule has 2 N–H and O–H groups in total. The van der Waals surface area contributed by atoms with Crippen molar-refractivity contribution >= 4 is 0 Å². The van der Waals surface area contributed by atoms with Crippen LogP contribution in [0.1, 0.15) is 63.0 Å². The van der Waals surface area contributed by atoms with Crippen LogP contribution in [0, 0.1) is 23.2 Å². The predicted octanol–water partition coefficient (Wildman–Crippen LogP) is 5.85. The Morgan fingerprint density at radius 1 is 0.867 bits per heavy atom. The SMILES string of the molecule is CCC1(C)C2CC[C@@H](CNCCNCCC(c3ccccc3)c3ccccc3)C1C2. The van der Waals surface area contributed by atoms with Crippen molar-refractivity contribution in [2.75, 3.05) is 26.2 Å². The van der Waals surface area contributed by atoms with Crippen molar-refractivity contribution in [3.05, 3.63) is 71.8 Å². The number of hydrogen-bond acceptors (Lipinski definition) is 2. The molecule has 0 radical (unpaired) electrons. The Morgan fingerprint density at radius 2 is 1.50 bits per heavy atom. The Hall–Kier alpha value is -1.64. The number of hydrogen-bond donors (Lipinski definition) is 2. The summed E-state index contributed by atoms with van der Waals surface area (Å²) in [4.78, 5) is 0. The van der Waals surface area contributed by atoms with Gasteiger partial charge in [-0.15, -0.1) is 0 Å². The molecule has 3 aliphatic rings. The van der Waals surface area contributed by atoms with Crippen molar-refractivity contribution in [1.82, 2.24) is 10.6 Å². The number of benzene rings is 2. The molecule has 162 valence electrons. The molecule has 0 aliphatic heterocycles. The van der Waals surface area contributed by atoms with Gasteiger partial charge in [-0.25, -0.2) is 0 Å². The largest absolute Gasteiger partial charge is 0.315 e. The molecule has 3 unspecified atom stereocenters. The van der Waals surface area contributed by atoms with Crippen LogP contribution in [-0.4, -0.2) is 26.2 Å². The molecule has 0 saturated heterocycles. The first-order valence-electron chi connectivity index (χ1n) is 12.2. The zero-order valence-electron chi connectivity index (χ0n) is 18.9. The second kappa shape index (κ2) is 10.1. The average molecular weight is 405 g/mol. The molecule has 4 atom stereocenters. The zero-order valence-corrected chi connectivity index (χ0v) is 18.9. The van der Waals surface area contributed by atoms with Crippen molar-refractivity contribution in [2.24, 2.45) is 23.2 Å². The van der Waals surface area contributed by atoms with Crippen LogP contribution >= 0.6 is 0 Å². The number of fused-ring (bicyclic) bond motifs is 2. The minimum absolute atomic E-state index is 0.466. The van der Waals surface area contributed by atoms with E-state index in [1.807, 2.05) is 0 Å². The average Bonchev–Trinajstić information content (AvgIpc) is 2.81. The van der Waals surface area contributed by atoms with E-state index in [4.69, 9.17) is 0 Å². The minimum atomic E-state index is 0.466. The van der Waals surface area contributed by atoms with Crippen LogP contribution in [0.2, 0.25) is 0 Å². The van der Waals surface area contributed by atoms with E-state index in [1.165, 1.54) is 43.4 Å². The van der Waals surface area contributed by atoms with Gasteiger partial charge in [-0.1, -0.05) is 80.9 Å². The van der Waals surface area contributed by atoms with Crippen molar-refractivity contribution in [1.29, 1.82) is 0 Å². The molecule has 0 spiro atoms. The first kappa shape index (κ1) is 21.6. The maximum Gasteiger partial charge on any atom is 0.0101 e. The highest BCUT2D eigenvalue weighted by Gasteiger charge is 2.55. The molecule has 2 nitrogen and oxygen atoms in total. The maximum absolute atomic E-state index is 3.76. The van der Waals surface area contributed by atoms with Gasteiger partial charge in [0.25, 0.3) is 0 Å². The van der Waals surface area contributed by atoms with Gasteiger partial charge in [-0.05, 0) is 73.1 Å². The minimum Gasteiger partial charge on any atom is -0.315 e. The molecule has 2 bridgehead atoms. The second-order valence-corrected chi connectivity index (χ2v) is 9.85. The molecule has 30 heavy (non-hydrogen) atoms. The highest BCUT2D eigenvalue weighted by molar-refractivity contribution is 5.32. The third-order valence-electron chi connectivity index (χ3n) is 8.43. The van der Waals surface area contributed by atoms with Gasteiger partial charge >= 0.3 is 0 Å². The van der Waals surface area contributed by atoms with Gasteiger partial charge in [0.05, 0.1) is 0 Å². The van der Waals surface area contributed by atoms with E-state index in [9.17, 15) is 0 Å². The Morgan fingerprint density at radius 3 is 2.10 bits per heavy atom. The van der Waals surface area contributed by atoms with Crippen LogP contribution in [0.25, 0.3) is 0 Å². The summed E-state index contributed by atoms with van der Waals surface area (Å²) in [5, 5.41) is 7.44. The molecule has 0 amide bonds. The molecular formula is C28H40N2. The van der Waals surface area contributed by atoms with Gasteiger partial charge in [-0.3, -0.25) is 0 Å². The van der Waals surface area contributed by atoms with Crippen LogP contribution in [0.5, 0.6) is 0 Å². The summed E-state index contributed by atoms with van der Waals surface area (Å²) >= 11 is 0. The van der Waals surface area contributed by atoms with E-state index in [1.54, 1.807) is 0 Å². The fourth-order valence-corrected chi connectivity index (χ4v) is 6.31. The first-order chi connectivity index (χ1) is 14.7. The summed E-state index contributed by atoms with van der Waals surface area (Å²) < 4.78 is 0. The van der Waals surface area contributed by atoms with Crippen molar-refractivity contribution in [3.63, 3.8) is 0 Å². The van der Waals surface area contributed by atoms with Gasteiger partial charge in [-0.2, -0.15) is 0 Å². The summed E-state index contributed by atoms with van der Waals surface area (Å²) in [6.07, 6.45) is 6.90. The van der Waals surface area contributed by atoms with Gasteiger partial charge in [0.1, 0.15) is 0 Å². The lowest BCUT2D eigenvalue weighted by atomic mass is 9.44. The number of nitrogens with one attached hydrogen (secondary N) is 2. The van der Waals surface area contributed by atoms with Crippen molar-refractivity contribution in [3.8, 4) is 0 Å². The fraction of sp³-hybridized carbons (Fsp3) is 0.571. The zero-order chi connectivity index (χ0) is 20.8. The quantitative estimate of drug-likeness (QED) is 0.459.